The number of halogens is 1. The van der Waals surface area contributed by atoms with Crippen LogP contribution in [0.5, 0.6) is 0 Å². The predicted octanol–water partition coefficient (Wildman–Crippen LogP) is 0.601. The number of sulfonamides is 1. The van der Waals surface area contributed by atoms with Crippen molar-refractivity contribution in [3.8, 4) is 0 Å². The van der Waals surface area contributed by atoms with Gasteiger partial charge >= 0.3 is 0 Å². The third-order valence-corrected chi connectivity index (χ3v) is 4.61. The smallest absolute Gasteiger partial charge is 0.242 e. The lowest BCUT2D eigenvalue weighted by Gasteiger charge is -2.36. The van der Waals surface area contributed by atoms with Gasteiger partial charge in [-0.25, -0.2) is 17.5 Å². The third kappa shape index (κ3) is 2.63. The summed E-state index contributed by atoms with van der Waals surface area (Å²) in [4.78, 5) is -0.174. The predicted molar refractivity (Wildman–Crippen MR) is 64.8 cm³/mol. The number of aliphatic hydroxyl groups is 1. The van der Waals surface area contributed by atoms with Gasteiger partial charge in [-0.1, -0.05) is 0 Å². The van der Waals surface area contributed by atoms with Crippen molar-refractivity contribution in [2.24, 2.45) is 0 Å². The molecular formula is C11H15FN2O3S. The van der Waals surface area contributed by atoms with Crippen LogP contribution in [0.25, 0.3) is 0 Å². The average Bonchev–Trinajstić information content (AvgIpc) is 2.23. The first kappa shape index (κ1) is 13.3. The standard InChI is InChI=1S/C11H15FN2O3S/c12-8-2-3-10(9(13)6-8)18(16,17)14-7-11(15)4-1-5-11/h2-3,6,14-15H,1,4-5,7,13H2. The lowest BCUT2D eigenvalue weighted by molar-refractivity contribution is -0.0270. The van der Waals surface area contributed by atoms with Crippen molar-refractivity contribution in [3.05, 3.63) is 24.0 Å². The lowest BCUT2D eigenvalue weighted by Crippen LogP contribution is -2.47. The summed E-state index contributed by atoms with van der Waals surface area (Å²) in [5, 5.41) is 9.82. The molecule has 1 saturated carbocycles. The molecule has 0 atom stereocenters. The number of nitrogen functional groups attached to an aromatic ring is 1. The Morgan fingerprint density at radius 1 is 1.44 bits per heavy atom. The molecule has 0 aromatic heterocycles. The van der Waals surface area contributed by atoms with E-state index in [1.54, 1.807) is 0 Å². The molecule has 0 saturated heterocycles. The molecule has 0 spiro atoms. The van der Waals surface area contributed by atoms with Gasteiger partial charge in [0.1, 0.15) is 10.7 Å². The summed E-state index contributed by atoms with van der Waals surface area (Å²) in [6, 6.07) is 3.09. The van der Waals surface area contributed by atoms with Crippen LogP contribution in [0.1, 0.15) is 19.3 Å². The molecule has 5 nitrogen and oxygen atoms in total. The summed E-state index contributed by atoms with van der Waals surface area (Å²) in [5.74, 6) is -0.593. The van der Waals surface area contributed by atoms with Crippen molar-refractivity contribution in [3.63, 3.8) is 0 Å². The van der Waals surface area contributed by atoms with Crippen LogP contribution in [0.3, 0.4) is 0 Å². The lowest BCUT2D eigenvalue weighted by atomic mass is 9.81. The SMILES string of the molecule is Nc1cc(F)ccc1S(=O)(=O)NCC1(O)CCC1. The van der Waals surface area contributed by atoms with Crippen LogP contribution in [0.4, 0.5) is 10.1 Å². The highest BCUT2D eigenvalue weighted by Crippen LogP contribution is 2.31. The monoisotopic (exact) mass is 274 g/mol. The second-order valence-electron chi connectivity index (χ2n) is 4.58. The molecule has 2 rings (SSSR count). The molecule has 1 aromatic carbocycles. The summed E-state index contributed by atoms with van der Waals surface area (Å²) < 4.78 is 39.0. The number of rotatable bonds is 4. The molecular weight excluding hydrogens is 259 g/mol. The molecule has 1 aromatic rings. The van der Waals surface area contributed by atoms with E-state index >= 15 is 0 Å². The Morgan fingerprint density at radius 2 is 2.11 bits per heavy atom. The van der Waals surface area contributed by atoms with Crippen LogP contribution < -0.4 is 10.5 Å². The van der Waals surface area contributed by atoms with Gasteiger partial charge in [0.05, 0.1) is 11.3 Å². The van der Waals surface area contributed by atoms with Gasteiger partial charge < -0.3 is 10.8 Å². The summed E-state index contributed by atoms with van der Waals surface area (Å²) >= 11 is 0. The topological polar surface area (TPSA) is 92.4 Å². The molecule has 1 fully saturated rings. The number of benzene rings is 1. The van der Waals surface area contributed by atoms with E-state index in [-0.39, 0.29) is 17.1 Å². The first-order chi connectivity index (χ1) is 8.32. The first-order valence-corrected chi connectivity index (χ1v) is 7.08. The van der Waals surface area contributed by atoms with E-state index in [4.69, 9.17) is 5.73 Å². The zero-order chi connectivity index (χ0) is 13.4. The molecule has 0 bridgehead atoms. The third-order valence-electron chi connectivity index (χ3n) is 3.14. The fraction of sp³-hybridized carbons (Fsp3) is 0.455. The Kier molecular flexibility index (Phi) is 3.31. The van der Waals surface area contributed by atoms with Crippen molar-refractivity contribution >= 4 is 15.7 Å². The molecule has 0 radical (unpaired) electrons. The van der Waals surface area contributed by atoms with Crippen LogP contribution >= 0.6 is 0 Å². The summed E-state index contributed by atoms with van der Waals surface area (Å²) in [6.07, 6.45) is 2.04. The first-order valence-electron chi connectivity index (χ1n) is 5.60. The minimum Gasteiger partial charge on any atom is -0.398 e. The second kappa shape index (κ2) is 4.49. The fourth-order valence-corrected chi connectivity index (χ4v) is 3.06. The summed E-state index contributed by atoms with van der Waals surface area (Å²) in [7, 11) is -3.82. The quantitative estimate of drug-likeness (QED) is 0.701. The number of anilines is 1. The Balaban J connectivity index is 2.15. The summed E-state index contributed by atoms with van der Waals surface area (Å²) in [5.41, 5.74) is 4.37. The normalized spacial score (nSPS) is 18.3. The van der Waals surface area contributed by atoms with Crippen LogP contribution in [0.15, 0.2) is 23.1 Å². The highest BCUT2D eigenvalue weighted by molar-refractivity contribution is 7.89. The van der Waals surface area contributed by atoms with Gasteiger partial charge in [0.15, 0.2) is 0 Å². The highest BCUT2D eigenvalue weighted by Gasteiger charge is 2.35. The average molecular weight is 274 g/mol. The van der Waals surface area contributed by atoms with Crippen molar-refractivity contribution in [1.29, 1.82) is 0 Å². The fourth-order valence-electron chi connectivity index (χ4n) is 1.83. The van der Waals surface area contributed by atoms with E-state index in [1.807, 2.05) is 0 Å². The van der Waals surface area contributed by atoms with E-state index in [0.717, 1.165) is 24.6 Å². The molecule has 0 aliphatic heterocycles. The molecule has 0 unspecified atom stereocenters. The van der Waals surface area contributed by atoms with Crippen LogP contribution in [0.2, 0.25) is 0 Å². The molecule has 18 heavy (non-hydrogen) atoms. The van der Waals surface area contributed by atoms with E-state index in [0.29, 0.717) is 12.8 Å². The summed E-state index contributed by atoms with van der Waals surface area (Å²) in [6.45, 7) is -0.0495. The van der Waals surface area contributed by atoms with Crippen molar-refractivity contribution < 1.29 is 17.9 Å². The van der Waals surface area contributed by atoms with Gasteiger partial charge in [-0.15, -0.1) is 0 Å². The van der Waals surface area contributed by atoms with Crippen LogP contribution in [0, 0.1) is 5.82 Å². The number of nitrogens with one attached hydrogen (secondary N) is 1. The van der Waals surface area contributed by atoms with Crippen molar-refractivity contribution in [2.75, 3.05) is 12.3 Å². The molecule has 1 aliphatic carbocycles. The minimum absolute atomic E-state index is 0.0495. The van der Waals surface area contributed by atoms with Crippen molar-refractivity contribution in [2.45, 2.75) is 29.8 Å². The Bertz CT molecular complexity index is 555. The highest BCUT2D eigenvalue weighted by atomic mass is 32.2. The Labute approximate surface area is 105 Å². The van der Waals surface area contributed by atoms with Gasteiger partial charge in [0.2, 0.25) is 10.0 Å². The second-order valence-corrected chi connectivity index (χ2v) is 6.32. The van der Waals surface area contributed by atoms with Crippen molar-refractivity contribution in [1.82, 2.24) is 4.72 Å². The zero-order valence-corrected chi connectivity index (χ0v) is 10.5. The maximum Gasteiger partial charge on any atom is 0.242 e. The number of hydrogen-bond donors (Lipinski definition) is 3. The van der Waals surface area contributed by atoms with Gasteiger partial charge in [-0.3, -0.25) is 0 Å². The van der Waals surface area contributed by atoms with Crippen LogP contribution in [-0.4, -0.2) is 25.7 Å². The minimum atomic E-state index is -3.82. The molecule has 100 valence electrons. The van der Waals surface area contributed by atoms with Gasteiger partial charge in [0, 0.05) is 6.54 Å². The number of nitrogens with two attached hydrogens (primary N) is 1. The van der Waals surface area contributed by atoms with Gasteiger partial charge in [-0.05, 0) is 37.5 Å². The largest absolute Gasteiger partial charge is 0.398 e. The van der Waals surface area contributed by atoms with E-state index in [2.05, 4.69) is 4.72 Å². The van der Waals surface area contributed by atoms with E-state index in [9.17, 15) is 17.9 Å². The Morgan fingerprint density at radius 3 is 2.61 bits per heavy atom. The van der Waals surface area contributed by atoms with Crippen LogP contribution in [-0.2, 0) is 10.0 Å². The van der Waals surface area contributed by atoms with Gasteiger partial charge in [-0.2, -0.15) is 0 Å². The molecule has 1 aliphatic rings. The molecule has 7 heteroatoms. The Hall–Kier alpha value is -1.18. The number of hydrogen-bond acceptors (Lipinski definition) is 4. The molecule has 0 amide bonds. The maximum atomic E-state index is 12.8. The molecule has 4 N–H and O–H groups in total. The van der Waals surface area contributed by atoms with Gasteiger partial charge in [0.25, 0.3) is 0 Å². The zero-order valence-electron chi connectivity index (χ0n) is 9.69. The van der Waals surface area contributed by atoms with E-state index < -0.39 is 21.4 Å². The van der Waals surface area contributed by atoms with E-state index in [1.165, 1.54) is 0 Å². The maximum absolute atomic E-state index is 12.8. The molecule has 0 heterocycles.